The number of phenolic OH excluding ortho intramolecular Hbond substituents is 2. The topological polar surface area (TPSA) is 211 Å². The summed E-state index contributed by atoms with van der Waals surface area (Å²) in [5.41, 5.74) is 1.67. The first kappa shape index (κ1) is 50.7. The van der Waals surface area contributed by atoms with Crippen LogP contribution in [0.2, 0.25) is 0 Å². The number of methoxy groups -OCH3 is 1. The van der Waals surface area contributed by atoms with E-state index in [1.165, 1.54) is 59.3 Å². The summed E-state index contributed by atoms with van der Waals surface area (Å²) < 4.78 is 30.2. The lowest BCUT2D eigenvalue weighted by Crippen LogP contribution is -2.46. The number of hydrogen-bond acceptors (Lipinski definition) is 13. The van der Waals surface area contributed by atoms with E-state index >= 15 is 0 Å². The minimum Gasteiger partial charge on any atom is -0.507 e. The molecule has 5 N–H and O–H groups in total. The van der Waals surface area contributed by atoms with E-state index in [9.17, 15) is 39.6 Å². The molecule has 9 atom stereocenters. The smallest absolute Gasteiger partial charge is 0.312 e. The Morgan fingerprint density at radius 2 is 1.46 bits per heavy atom. The molecule has 3 aliphatic heterocycles. The van der Waals surface area contributed by atoms with E-state index in [1.807, 2.05) is 60.7 Å². The van der Waals surface area contributed by atoms with E-state index in [0.29, 0.717) is 0 Å². The molecule has 2 amide bonds. The Morgan fingerprint density at radius 1 is 0.838 bits per heavy atom. The number of benzene rings is 4. The van der Waals surface area contributed by atoms with E-state index in [1.54, 1.807) is 44.7 Å². The molecule has 68 heavy (non-hydrogen) atoms. The Balaban J connectivity index is 1.47. The first-order chi connectivity index (χ1) is 32.3. The van der Waals surface area contributed by atoms with Crippen LogP contribution in [0.4, 0.5) is 5.69 Å². The third-order valence-electron chi connectivity index (χ3n) is 13.0. The molecular formula is C53H62N2O13. The molecule has 4 aromatic carbocycles. The number of ketones is 1. The van der Waals surface area contributed by atoms with Crippen molar-refractivity contribution < 1.29 is 63.3 Å². The van der Waals surface area contributed by atoms with Crippen LogP contribution in [0.5, 0.6) is 23.0 Å². The molecule has 0 saturated carbocycles. The number of amides is 2. The molecule has 7 rings (SSSR count). The van der Waals surface area contributed by atoms with Crippen LogP contribution in [0.1, 0.15) is 75.5 Å². The maximum atomic E-state index is 14.8. The number of hydrogen-bond donors (Lipinski definition) is 5. The van der Waals surface area contributed by atoms with E-state index in [0.717, 1.165) is 11.1 Å². The number of ether oxygens (including phenoxy) is 5. The van der Waals surface area contributed by atoms with Gasteiger partial charge in [0.1, 0.15) is 23.4 Å². The fraction of sp³-hybridized carbons (Fsp3) is 0.396. The number of Topliss-reactive ketones (excluding diaryl/α,β-unsaturated/α-hetero) is 1. The van der Waals surface area contributed by atoms with Crippen LogP contribution in [0.25, 0.3) is 10.8 Å². The van der Waals surface area contributed by atoms with Gasteiger partial charge in [-0.25, -0.2) is 0 Å². The fourth-order valence-electron chi connectivity index (χ4n) is 8.82. The van der Waals surface area contributed by atoms with Crippen molar-refractivity contribution in [2.24, 2.45) is 23.7 Å². The van der Waals surface area contributed by atoms with Gasteiger partial charge in [-0.15, -0.1) is 0 Å². The predicted octanol–water partition coefficient (Wildman–Crippen LogP) is 7.66. The Kier molecular flexibility index (Phi) is 16.1. The molecule has 0 radical (unpaired) electrons. The number of fused-ring (bicyclic) bond motifs is 14. The molecule has 3 heterocycles. The van der Waals surface area contributed by atoms with Crippen LogP contribution in [0.3, 0.4) is 0 Å². The van der Waals surface area contributed by atoms with Gasteiger partial charge in [0.05, 0.1) is 41.2 Å². The van der Waals surface area contributed by atoms with Crippen molar-refractivity contribution in [2.75, 3.05) is 19.0 Å². The average molecular weight is 935 g/mol. The molecule has 5 bridgehead atoms. The summed E-state index contributed by atoms with van der Waals surface area (Å²) in [5, 5.41) is 49.1. The predicted molar refractivity (Wildman–Crippen MR) is 255 cm³/mol. The Hall–Kier alpha value is -6.68. The number of anilines is 1. The van der Waals surface area contributed by atoms with E-state index in [-0.39, 0.29) is 57.7 Å². The van der Waals surface area contributed by atoms with Crippen molar-refractivity contribution in [3.8, 4) is 23.0 Å². The van der Waals surface area contributed by atoms with Gasteiger partial charge in [0, 0.05) is 80.3 Å². The molecule has 0 saturated heterocycles. The highest BCUT2D eigenvalue weighted by Crippen LogP contribution is 2.54. The number of carbonyl (C=O) groups is 4. The highest BCUT2D eigenvalue weighted by Gasteiger charge is 2.50. The summed E-state index contributed by atoms with van der Waals surface area (Å²) in [6.45, 7) is 12.5. The number of esters is 1. The summed E-state index contributed by atoms with van der Waals surface area (Å²) >= 11 is 0. The van der Waals surface area contributed by atoms with E-state index in [2.05, 4.69) is 5.32 Å². The van der Waals surface area contributed by atoms with Crippen LogP contribution in [-0.2, 0) is 41.7 Å². The highest BCUT2D eigenvalue weighted by atomic mass is 16.7. The van der Waals surface area contributed by atoms with Gasteiger partial charge < -0.3 is 54.3 Å². The fourth-order valence-corrected chi connectivity index (χ4v) is 8.82. The number of aromatic hydroxyl groups is 2. The van der Waals surface area contributed by atoms with Crippen molar-refractivity contribution >= 4 is 40.0 Å². The second-order valence-electron chi connectivity index (χ2n) is 17.9. The Bertz CT molecular complexity index is 2550. The van der Waals surface area contributed by atoms with Crippen molar-refractivity contribution in [1.82, 2.24) is 4.90 Å². The number of carbonyl (C=O) groups excluding carboxylic acids is 4. The van der Waals surface area contributed by atoms with Gasteiger partial charge in [-0.05, 0) is 31.1 Å². The molecule has 15 nitrogen and oxygen atoms in total. The summed E-state index contributed by atoms with van der Waals surface area (Å²) in [4.78, 5) is 56.8. The summed E-state index contributed by atoms with van der Waals surface area (Å²) in [6.07, 6.45) is 3.55. The number of rotatable bonds is 9. The zero-order chi connectivity index (χ0) is 49.6. The van der Waals surface area contributed by atoms with Crippen molar-refractivity contribution in [3.05, 3.63) is 125 Å². The molecular weight excluding hydrogens is 873 g/mol. The first-order valence-electron chi connectivity index (χ1n) is 22.6. The molecule has 0 aliphatic carbocycles. The minimum absolute atomic E-state index is 0.0623. The molecule has 9 unspecified atom stereocenters. The molecule has 362 valence electrons. The molecule has 3 aliphatic rings. The van der Waals surface area contributed by atoms with Gasteiger partial charge in [-0.3, -0.25) is 19.2 Å². The number of nitrogens with zero attached hydrogens (tertiary/aromatic N) is 1. The minimum atomic E-state index is -2.06. The van der Waals surface area contributed by atoms with Crippen LogP contribution in [-0.4, -0.2) is 92.8 Å². The second-order valence-corrected chi connectivity index (χ2v) is 17.9. The standard InChI is InChI=1S/C53H62N2O13/c1-29-17-16-18-30(2)52(63)54-38-25-40(65-28-41(57)55(26-36-19-12-10-13-20-36)27-37-21-14-11-15-22-37)42-43(48(38)61)47(60)34(6)50-44(42)51(62)53(8,68-50)66-24-23-39(64-9)31(3)49(67-35(7)56)33(5)46(59)32(4)45(29)58/h10-25,29,31-33,39,45-46,49,58-61H,26-28H2,1-9H3,(H,54,63)/b17-16+,24-23+,30-18+. The van der Waals surface area contributed by atoms with Crippen molar-refractivity contribution in [3.63, 3.8) is 0 Å². The number of aliphatic hydroxyl groups excluding tert-OH is 2. The third-order valence-corrected chi connectivity index (χ3v) is 13.0. The number of aliphatic hydroxyl groups is 2. The van der Waals surface area contributed by atoms with Crippen LogP contribution in [0.15, 0.2) is 103 Å². The highest BCUT2D eigenvalue weighted by molar-refractivity contribution is 6.21. The van der Waals surface area contributed by atoms with Gasteiger partial charge in [0.25, 0.3) is 17.6 Å². The largest absolute Gasteiger partial charge is 0.507 e. The van der Waals surface area contributed by atoms with Gasteiger partial charge in [-0.2, -0.15) is 0 Å². The number of nitrogens with one attached hydrogen (secondary N) is 1. The lowest BCUT2D eigenvalue weighted by Gasteiger charge is -2.38. The van der Waals surface area contributed by atoms with Gasteiger partial charge in [-0.1, -0.05) is 107 Å². The third kappa shape index (κ3) is 10.9. The van der Waals surface area contributed by atoms with Gasteiger partial charge in [0.15, 0.2) is 12.4 Å². The first-order valence-corrected chi connectivity index (χ1v) is 22.6. The summed E-state index contributed by atoms with van der Waals surface area (Å²) in [7, 11) is 1.44. The van der Waals surface area contributed by atoms with Crippen LogP contribution in [0, 0.1) is 30.6 Å². The van der Waals surface area contributed by atoms with Crippen molar-refractivity contribution in [1.29, 1.82) is 0 Å². The molecule has 0 aromatic heterocycles. The normalized spacial score (nSPS) is 27.3. The average Bonchev–Trinajstić information content (AvgIpc) is 3.59. The maximum absolute atomic E-state index is 14.8. The van der Waals surface area contributed by atoms with Crippen molar-refractivity contribution in [2.45, 2.75) is 98.7 Å². The lowest BCUT2D eigenvalue weighted by atomic mass is 9.78. The number of phenols is 2. The number of allylic oxidation sites excluding steroid dienone is 2. The van der Waals surface area contributed by atoms with Crippen LogP contribution < -0.4 is 14.8 Å². The van der Waals surface area contributed by atoms with E-state index < -0.39 is 95.5 Å². The molecule has 4 aromatic rings. The molecule has 0 fully saturated rings. The quantitative estimate of drug-likeness (QED) is 0.0808. The Morgan fingerprint density at radius 3 is 2.04 bits per heavy atom. The SMILES string of the molecule is COC1/C=C/OC2(C)Oc3c(C)c(O)c4c(O)c(cc(OCC(=O)N(Cc5ccccc5)Cc5ccccc5)c4c3C2=O)NC(=O)/C(C)=C/C=C/C(C)C(O)C(C)C(O)C(C)C(OC(C)=O)C1C. The van der Waals surface area contributed by atoms with E-state index in [4.69, 9.17) is 23.7 Å². The zero-order valence-electron chi connectivity index (χ0n) is 39.9. The summed E-state index contributed by atoms with van der Waals surface area (Å²) in [6, 6.07) is 20.1. The molecule has 15 heteroatoms. The maximum Gasteiger partial charge on any atom is 0.312 e. The second kappa shape index (κ2) is 21.5. The zero-order valence-corrected chi connectivity index (χ0v) is 39.9. The lowest BCUT2D eigenvalue weighted by molar-refractivity contribution is -0.160. The molecule has 0 spiro atoms. The van der Waals surface area contributed by atoms with Crippen LogP contribution >= 0.6 is 0 Å². The Labute approximate surface area is 396 Å². The van der Waals surface area contributed by atoms with Gasteiger partial charge in [0.2, 0.25) is 0 Å². The van der Waals surface area contributed by atoms with Gasteiger partial charge >= 0.3 is 11.8 Å². The summed E-state index contributed by atoms with van der Waals surface area (Å²) in [5.74, 6) is -8.31. The monoisotopic (exact) mass is 934 g/mol.